The molecule has 1 heterocycles. The van der Waals surface area contributed by atoms with Crippen LogP contribution in [0.5, 0.6) is 5.75 Å². The normalized spacial score (nSPS) is 10.5. The first kappa shape index (κ1) is 23.2. The first-order valence-corrected chi connectivity index (χ1v) is 11.2. The molecule has 3 aromatic rings. The van der Waals surface area contributed by atoms with E-state index >= 15 is 0 Å². The van der Waals surface area contributed by atoms with Gasteiger partial charge in [0.1, 0.15) is 10.8 Å². The number of nitrogens with zero attached hydrogens (tertiary/aromatic N) is 3. The molecule has 32 heavy (non-hydrogen) atoms. The summed E-state index contributed by atoms with van der Waals surface area (Å²) in [6.07, 6.45) is 0.939. The highest BCUT2D eigenvalue weighted by molar-refractivity contribution is 7.18. The largest absolute Gasteiger partial charge is 0.497 e. The predicted molar refractivity (Wildman–Crippen MR) is 127 cm³/mol. The second kappa shape index (κ2) is 11.2. The standard InChI is InChI=1S/C23H27N5O3S/c1-4-12-28(23(30)24-18-9-6-10-19(15-18)31-3)13-11-20(29)25-22-27-26-21(32-22)17-8-5-7-16(2)14-17/h5-10,14-15H,4,11-13H2,1-3H3,(H,24,30)(H,25,27,29). The number of rotatable bonds is 9. The van der Waals surface area contributed by atoms with Crippen LogP contribution in [0.2, 0.25) is 0 Å². The number of hydrogen-bond donors (Lipinski definition) is 2. The van der Waals surface area contributed by atoms with Gasteiger partial charge in [-0.3, -0.25) is 4.79 Å². The maximum absolute atomic E-state index is 12.7. The van der Waals surface area contributed by atoms with E-state index in [0.717, 1.165) is 22.6 Å². The van der Waals surface area contributed by atoms with Crippen molar-refractivity contribution < 1.29 is 14.3 Å². The number of anilines is 2. The van der Waals surface area contributed by atoms with Crippen LogP contribution in [-0.2, 0) is 4.79 Å². The second-order valence-electron chi connectivity index (χ2n) is 7.23. The Morgan fingerprint density at radius 2 is 1.88 bits per heavy atom. The molecule has 0 radical (unpaired) electrons. The van der Waals surface area contributed by atoms with Crippen LogP contribution in [0, 0.1) is 6.92 Å². The van der Waals surface area contributed by atoms with E-state index in [1.54, 1.807) is 30.2 Å². The second-order valence-corrected chi connectivity index (χ2v) is 8.21. The van der Waals surface area contributed by atoms with E-state index in [2.05, 4.69) is 20.8 Å². The van der Waals surface area contributed by atoms with Gasteiger partial charge in [-0.25, -0.2) is 4.79 Å². The number of aromatic nitrogens is 2. The third-order valence-corrected chi connectivity index (χ3v) is 5.53. The predicted octanol–water partition coefficient (Wildman–Crippen LogP) is 4.79. The topological polar surface area (TPSA) is 96.5 Å². The molecule has 2 N–H and O–H groups in total. The summed E-state index contributed by atoms with van der Waals surface area (Å²) in [5, 5.41) is 15.0. The zero-order valence-corrected chi connectivity index (χ0v) is 19.2. The molecule has 3 rings (SSSR count). The van der Waals surface area contributed by atoms with Gasteiger partial charge in [0.25, 0.3) is 0 Å². The monoisotopic (exact) mass is 453 g/mol. The maximum atomic E-state index is 12.7. The molecule has 0 aliphatic heterocycles. The number of carbonyl (C=O) groups is 2. The van der Waals surface area contributed by atoms with Crippen molar-refractivity contribution in [2.45, 2.75) is 26.7 Å². The average Bonchev–Trinajstić information content (AvgIpc) is 3.25. The van der Waals surface area contributed by atoms with Gasteiger partial charge in [-0.1, -0.05) is 48.1 Å². The number of urea groups is 1. The SMILES string of the molecule is CCCN(CCC(=O)Nc1nnc(-c2cccc(C)c2)s1)C(=O)Nc1cccc(OC)c1. The summed E-state index contributed by atoms with van der Waals surface area (Å²) >= 11 is 1.32. The highest BCUT2D eigenvalue weighted by atomic mass is 32.1. The molecule has 0 aliphatic rings. The van der Waals surface area contributed by atoms with Crippen molar-refractivity contribution in [2.75, 3.05) is 30.8 Å². The smallest absolute Gasteiger partial charge is 0.321 e. The molecule has 0 saturated carbocycles. The number of aryl methyl sites for hydroxylation is 1. The number of ether oxygens (including phenoxy) is 1. The molecular formula is C23H27N5O3S. The van der Waals surface area contributed by atoms with Crippen LogP contribution in [0.3, 0.4) is 0 Å². The van der Waals surface area contributed by atoms with Crippen LogP contribution in [0.4, 0.5) is 15.6 Å². The van der Waals surface area contributed by atoms with E-state index in [1.165, 1.54) is 11.3 Å². The highest BCUT2D eigenvalue weighted by Gasteiger charge is 2.16. The van der Waals surface area contributed by atoms with E-state index in [-0.39, 0.29) is 18.4 Å². The number of hydrogen-bond acceptors (Lipinski definition) is 6. The third-order valence-electron chi connectivity index (χ3n) is 4.65. The Labute approximate surface area is 191 Å². The number of amides is 3. The summed E-state index contributed by atoms with van der Waals surface area (Å²) in [7, 11) is 1.57. The number of benzene rings is 2. The molecule has 168 valence electrons. The van der Waals surface area contributed by atoms with E-state index in [1.807, 2.05) is 44.2 Å². The summed E-state index contributed by atoms with van der Waals surface area (Å²) in [5.74, 6) is 0.443. The molecule has 0 unspecified atom stereocenters. The molecular weight excluding hydrogens is 426 g/mol. The molecule has 9 heteroatoms. The van der Waals surface area contributed by atoms with Crippen LogP contribution < -0.4 is 15.4 Å². The van der Waals surface area contributed by atoms with Gasteiger partial charge < -0.3 is 20.3 Å². The first-order valence-electron chi connectivity index (χ1n) is 10.4. The third kappa shape index (κ3) is 6.52. The Hall–Kier alpha value is -3.46. The molecule has 0 spiro atoms. The van der Waals surface area contributed by atoms with Gasteiger partial charge in [0.15, 0.2) is 0 Å². The quantitative estimate of drug-likeness (QED) is 0.485. The van der Waals surface area contributed by atoms with E-state index < -0.39 is 0 Å². The highest BCUT2D eigenvalue weighted by Crippen LogP contribution is 2.26. The lowest BCUT2D eigenvalue weighted by atomic mass is 10.1. The Balaban J connectivity index is 1.55. The molecule has 0 aliphatic carbocycles. The number of carbonyl (C=O) groups excluding carboxylic acids is 2. The van der Waals surface area contributed by atoms with Gasteiger partial charge in [-0.2, -0.15) is 0 Å². The van der Waals surface area contributed by atoms with E-state index in [9.17, 15) is 9.59 Å². The lowest BCUT2D eigenvalue weighted by Gasteiger charge is -2.22. The summed E-state index contributed by atoms with van der Waals surface area (Å²) in [4.78, 5) is 26.7. The average molecular weight is 454 g/mol. The summed E-state index contributed by atoms with van der Waals surface area (Å²) in [6.45, 7) is 4.83. The van der Waals surface area contributed by atoms with Crippen LogP contribution in [0.15, 0.2) is 48.5 Å². The number of methoxy groups -OCH3 is 1. The number of nitrogens with one attached hydrogen (secondary N) is 2. The fourth-order valence-corrected chi connectivity index (χ4v) is 3.83. The Morgan fingerprint density at radius 1 is 1.06 bits per heavy atom. The molecule has 1 aromatic heterocycles. The van der Waals surface area contributed by atoms with E-state index in [4.69, 9.17) is 4.74 Å². The van der Waals surface area contributed by atoms with Crippen molar-refractivity contribution in [3.8, 4) is 16.3 Å². The fraction of sp³-hybridized carbons (Fsp3) is 0.304. The minimum atomic E-state index is -0.259. The van der Waals surface area contributed by atoms with Gasteiger partial charge in [-0.15, -0.1) is 10.2 Å². The molecule has 0 bridgehead atoms. The molecule has 0 saturated heterocycles. The van der Waals surface area contributed by atoms with Crippen LogP contribution in [-0.4, -0.2) is 47.2 Å². The van der Waals surface area contributed by atoms with Crippen LogP contribution >= 0.6 is 11.3 Å². The van der Waals surface area contributed by atoms with Crippen molar-refractivity contribution in [1.29, 1.82) is 0 Å². The van der Waals surface area contributed by atoms with Crippen molar-refractivity contribution >= 4 is 34.1 Å². The van der Waals surface area contributed by atoms with Crippen molar-refractivity contribution in [2.24, 2.45) is 0 Å². The molecule has 0 atom stereocenters. The van der Waals surface area contributed by atoms with Crippen molar-refractivity contribution in [1.82, 2.24) is 15.1 Å². The van der Waals surface area contributed by atoms with Gasteiger partial charge >= 0.3 is 6.03 Å². The van der Waals surface area contributed by atoms with Gasteiger partial charge in [0.2, 0.25) is 11.0 Å². The molecule has 8 nitrogen and oxygen atoms in total. The van der Waals surface area contributed by atoms with Gasteiger partial charge in [-0.05, 0) is 31.5 Å². The summed E-state index contributed by atoms with van der Waals surface area (Å²) in [6, 6.07) is 14.8. The maximum Gasteiger partial charge on any atom is 0.321 e. The Kier molecular flexibility index (Phi) is 8.15. The van der Waals surface area contributed by atoms with Crippen LogP contribution in [0.25, 0.3) is 10.6 Å². The van der Waals surface area contributed by atoms with Crippen molar-refractivity contribution in [3.05, 3.63) is 54.1 Å². The Morgan fingerprint density at radius 3 is 2.62 bits per heavy atom. The van der Waals surface area contributed by atoms with E-state index in [0.29, 0.717) is 29.7 Å². The van der Waals surface area contributed by atoms with Gasteiger partial charge in [0, 0.05) is 36.8 Å². The minimum Gasteiger partial charge on any atom is -0.497 e. The lowest BCUT2D eigenvalue weighted by molar-refractivity contribution is -0.116. The Bertz CT molecular complexity index is 1070. The zero-order chi connectivity index (χ0) is 22.9. The van der Waals surface area contributed by atoms with Crippen LogP contribution in [0.1, 0.15) is 25.3 Å². The lowest BCUT2D eigenvalue weighted by Crippen LogP contribution is -2.37. The van der Waals surface area contributed by atoms with Gasteiger partial charge in [0.05, 0.1) is 7.11 Å². The zero-order valence-electron chi connectivity index (χ0n) is 18.4. The summed E-state index contributed by atoms with van der Waals surface area (Å²) < 4.78 is 5.19. The molecule has 0 fully saturated rings. The minimum absolute atomic E-state index is 0.158. The first-order chi connectivity index (χ1) is 15.5. The summed E-state index contributed by atoms with van der Waals surface area (Å²) in [5.41, 5.74) is 2.73. The molecule has 2 aromatic carbocycles. The molecule has 3 amide bonds. The fourth-order valence-electron chi connectivity index (χ4n) is 3.07. The van der Waals surface area contributed by atoms with Crippen molar-refractivity contribution in [3.63, 3.8) is 0 Å².